The van der Waals surface area contributed by atoms with Crippen molar-refractivity contribution in [2.75, 3.05) is 13.1 Å². The highest BCUT2D eigenvalue weighted by atomic mass is 15.4. The first-order chi connectivity index (χ1) is 17.8. The highest BCUT2D eigenvalue weighted by Gasteiger charge is 2.25. The Kier molecular flexibility index (Phi) is 18.5. The number of unbranched alkanes of at least 4 members (excludes halogenated alkanes) is 18. The third-order valence-corrected chi connectivity index (χ3v) is 8.02. The van der Waals surface area contributed by atoms with E-state index in [1.807, 2.05) is 0 Å². The lowest BCUT2D eigenvalue weighted by molar-refractivity contribution is 0.148. The number of hydrogen-bond acceptors (Lipinski definition) is 2. The molecule has 0 N–H and O–H groups in total. The van der Waals surface area contributed by atoms with Crippen molar-refractivity contribution in [3.63, 3.8) is 0 Å². The molecule has 0 fully saturated rings. The van der Waals surface area contributed by atoms with E-state index < -0.39 is 0 Å². The maximum atomic E-state index is 2.63. The maximum Gasteiger partial charge on any atom is 0.105 e. The molecule has 2 heteroatoms. The van der Waals surface area contributed by atoms with Crippen LogP contribution in [0.1, 0.15) is 148 Å². The van der Waals surface area contributed by atoms with E-state index in [2.05, 4.69) is 66.4 Å². The van der Waals surface area contributed by atoms with Crippen molar-refractivity contribution in [2.24, 2.45) is 0 Å². The van der Waals surface area contributed by atoms with E-state index in [4.69, 9.17) is 0 Å². The minimum atomic E-state index is 0.504. The standard InChI is InChI=1S/C34H60N2/c1-3-5-7-9-11-13-14-16-18-20-25-29-36-31-30-35(34(36)32-33-26-22-21-23-27-33)28-24-19-17-15-12-10-8-6-4-2/h21-23,26-27,30-31,34H,3-20,24-25,28-29,32H2,1-2H3. The number of nitrogens with zero attached hydrogens (tertiary/aromatic N) is 2. The molecule has 0 aromatic heterocycles. The Morgan fingerprint density at radius 3 is 1.22 bits per heavy atom. The van der Waals surface area contributed by atoms with E-state index >= 15 is 0 Å². The first-order valence-corrected chi connectivity index (χ1v) is 16.1. The van der Waals surface area contributed by atoms with Gasteiger partial charge in [-0.2, -0.15) is 0 Å². The van der Waals surface area contributed by atoms with Gasteiger partial charge in [-0.25, -0.2) is 0 Å². The molecule has 1 aliphatic heterocycles. The number of benzene rings is 1. The van der Waals surface area contributed by atoms with Crippen LogP contribution in [-0.2, 0) is 6.42 Å². The Morgan fingerprint density at radius 2 is 0.833 bits per heavy atom. The molecular weight excluding hydrogens is 436 g/mol. The zero-order valence-electron chi connectivity index (χ0n) is 24.3. The molecule has 206 valence electrons. The Hall–Kier alpha value is -1.44. The van der Waals surface area contributed by atoms with Crippen LogP contribution in [-0.4, -0.2) is 29.1 Å². The van der Waals surface area contributed by atoms with Gasteiger partial charge >= 0.3 is 0 Å². The summed E-state index contributed by atoms with van der Waals surface area (Å²) in [6, 6.07) is 11.1. The molecule has 1 atom stereocenters. The van der Waals surface area contributed by atoms with Crippen molar-refractivity contribution >= 4 is 0 Å². The summed E-state index contributed by atoms with van der Waals surface area (Å²) < 4.78 is 0. The quantitative estimate of drug-likeness (QED) is 0.131. The van der Waals surface area contributed by atoms with Gasteiger partial charge in [-0.3, -0.25) is 0 Å². The van der Waals surface area contributed by atoms with Gasteiger partial charge in [0.05, 0.1) is 0 Å². The smallest absolute Gasteiger partial charge is 0.105 e. The van der Waals surface area contributed by atoms with E-state index in [0.29, 0.717) is 6.17 Å². The summed E-state index contributed by atoms with van der Waals surface area (Å²) in [5.74, 6) is 0. The molecule has 0 bridgehead atoms. The Balaban J connectivity index is 1.62. The zero-order chi connectivity index (χ0) is 25.5. The summed E-state index contributed by atoms with van der Waals surface area (Å²) in [7, 11) is 0. The minimum Gasteiger partial charge on any atom is -0.356 e. The van der Waals surface area contributed by atoms with Crippen LogP contribution in [0.5, 0.6) is 0 Å². The van der Waals surface area contributed by atoms with Gasteiger partial charge in [0.2, 0.25) is 0 Å². The van der Waals surface area contributed by atoms with Crippen LogP contribution >= 0.6 is 0 Å². The average Bonchev–Trinajstić information content (AvgIpc) is 3.27. The fraction of sp³-hybridized carbons (Fsp3) is 0.765. The summed E-state index contributed by atoms with van der Waals surface area (Å²) in [5, 5.41) is 0. The van der Waals surface area contributed by atoms with Crippen LogP contribution in [0.15, 0.2) is 42.7 Å². The van der Waals surface area contributed by atoms with Crippen LogP contribution in [0, 0.1) is 0 Å². The van der Waals surface area contributed by atoms with Gasteiger partial charge in [0.15, 0.2) is 0 Å². The highest BCUT2D eigenvalue weighted by Crippen LogP contribution is 2.22. The fourth-order valence-electron chi connectivity index (χ4n) is 5.63. The van der Waals surface area contributed by atoms with Crippen molar-refractivity contribution in [2.45, 2.75) is 155 Å². The first-order valence-electron chi connectivity index (χ1n) is 16.1. The molecule has 0 amide bonds. The highest BCUT2D eigenvalue weighted by molar-refractivity contribution is 5.17. The lowest BCUT2D eigenvalue weighted by Gasteiger charge is -2.33. The fourth-order valence-corrected chi connectivity index (χ4v) is 5.63. The monoisotopic (exact) mass is 496 g/mol. The van der Waals surface area contributed by atoms with Crippen LogP contribution in [0.3, 0.4) is 0 Å². The van der Waals surface area contributed by atoms with Crippen LogP contribution < -0.4 is 0 Å². The summed E-state index contributed by atoms with van der Waals surface area (Å²) >= 11 is 0. The van der Waals surface area contributed by atoms with Crippen molar-refractivity contribution in [1.82, 2.24) is 9.80 Å². The van der Waals surface area contributed by atoms with Gasteiger partial charge < -0.3 is 9.80 Å². The topological polar surface area (TPSA) is 6.48 Å². The third-order valence-electron chi connectivity index (χ3n) is 8.02. The SMILES string of the molecule is CCCCCCCCCCCCCN1C=CN(CCCCCCCCCCC)C1Cc1ccccc1. The van der Waals surface area contributed by atoms with Crippen LogP contribution in [0.2, 0.25) is 0 Å². The molecule has 1 heterocycles. The Labute approximate surface area is 225 Å². The third kappa shape index (κ3) is 14.3. The van der Waals surface area contributed by atoms with Crippen LogP contribution in [0.25, 0.3) is 0 Å². The second-order valence-corrected chi connectivity index (χ2v) is 11.3. The lowest BCUT2D eigenvalue weighted by atomic mass is 10.1. The molecule has 36 heavy (non-hydrogen) atoms. The normalized spacial score (nSPS) is 15.3. The summed E-state index contributed by atoms with van der Waals surface area (Å²) in [4.78, 5) is 5.27. The summed E-state index contributed by atoms with van der Waals surface area (Å²) in [5.41, 5.74) is 1.47. The van der Waals surface area contributed by atoms with Gasteiger partial charge in [0.1, 0.15) is 6.17 Å². The molecule has 2 rings (SSSR count). The second-order valence-electron chi connectivity index (χ2n) is 11.3. The molecule has 2 nitrogen and oxygen atoms in total. The molecule has 0 aliphatic carbocycles. The number of rotatable bonds is 24. The molecule has 1 unspecified atom stereocenters. The second kappa shape index (κ2) is 21.6. The van der Waals surface area contributed by atoms with Gasteiger partial charge in [-0.1, -0.05) is 160 Å². The van der Waals surface area contributed by atoms with Gasteiger partial charge in [-0.15, -0.1) is 0 Å². The first kappa shape index (κ1) is 30.8. The van der Waals surface area contributed by atoms with E-state index in [1.165, 1.54) is 147 Å². The van der Waals surface area contributed by atoms with Gasteiger partial charge in [-0.05, 0) is 18.4 Å². The predicted molar refractivity (Wildman–Crippen MR) is 160 cm³/mol. The molecule has 0 spiro atoms. The predicted octanol–water partition coefficient (Wildman–Crippen LogP) is 10.5. The summed E-state index contributed by atoms with van der Waals surface area (Å²) in [6.07, 6.45) is 34.6. The number of hydrogen-bond donors (Lipinski definition) is 0. The molecule has 1 aromatic rings. The Bertz CT molecular complexity index is 625. The summed E-state index contributed by atoms with van der Waals surface area (Å²) in [6.45, 7) is 7.02. The molecule has 1 aliphatic rings. The molecule has 0 saturated heterocycles. The lowest BCUT2D eigenvalue weighted by Crippen LogP contribution is -2.41. The van der Waals surface area contributed by atoms with Gasteiger partial charge in [0, 0.05) is 31.9 Å². The molecular formula is C34H60N2. The largest absolute Gasteiger partial charge is 0.356 e. The van der Waals surface area contributed by atoms with E-state index in [9.17, 15) is 0 Å². The van der Waals surface area contributed by atoms with Crippen molar-refractivity contribution < 1.29 is 0 Å². The van der Waals surface area contributed by atoms with Crippen molar-refractivity contribution in [3.05, 3.63) is 48.3 Å². The maximum absolute atomic E-state index is 2.63. The van der Waals surface area contributed by atoms with Crippen molar-refractivity contribution in [3.8, 4) is 0 Å². The molecule has 0 saturated carbocycles. The molecule has 0 radical (unpaired) electrons. The Morgan fingerprint density at radius 1 is 0.472 bits per heavy atom. The van der Waals surface area contributed by atoms with Gasteiger partial charge in [0.25, 0.3) is 0 Å². The van der Waals surface area contributed by atoms with Crippen LogP contribution in [0.4, 0.5) is 0 Å². The van der Waals surface area contributed by atoms with E-state index in [1.54, 1.807) is 0 Å². The van der Waals surface area contributed by atoms with Crippen molar-refractivity contribution in [1.29, 1.82) is 0 Å². The van der Waals surface area contributed by atoms with E-state index in [0.717, 1.165) is 6.42 Å². The average molecular weight is 497 g/mol. The minimum absolute atomic E-state index is 0.504. The van der Waals surface area contributed by atoms with E-state index in [-0.39, 0.29) is 0 Å². The molecule has 1 aromatic carbocycles. The zero-order valence-corrected chi connectivity index (χ0v) is 24.3.